The molecular weight excluding hydrogens is 174 g/mol. The average molecular weight is 189 g/mol. The number of hydrogen-bond donors (Lipinski definition) is 2. The van der Waals surface area contributed by atoms with Gasteiger partial charge < -0.3 is 15.2 Å². The Hall–Kier alpha value is -1.10. The van der Waals surface area contributed by atoms with Gasteiger partial charge in [0.25, 0.3) is 0 Å². The van der Waals surface area contributed by atoms with E-state index in [1.807, 2.05) is 0 Å². The van der Waals surface area contributed by atoms with Gasteiger partial charge in [0.15, 0.2) is 6.10 Å². The highest BCUT2D eigenvalue weighted by Crippen LogP contribution is 2.10. The van der Waals surface area contributed by atoms with Gasteiger partial charge in [0, 0.05) is 0 Å². The molecule has 0 saturated heterocycles. The fourth-order valence-electron chi connectivity index (χ4n) is 0.761. The Balaban J connectivity index is 4.10. The molecule has 0 aromatic carbocycles. The molecule has 0 heterocycles. The SMILES string of the molecule is CC(C)(C)OC(CNC=O)C(=O)O. The number of ether oxygens (including phenoxy) is 1. The van der Waals surface area contributed by atoms with Gasteiger partial charge in [-0.05, 0) is 20.8 Å². The number of aliphatic carboxylic acids is 1. The van der Waals surface area contributed by atoms with Gasteiger partial charge in [-0.25, -0.2) is 4.79 Å². The average Bonchev–Trinajstić information content (AvgIpc) is 1.95. The standard InChI is InChI=1S/C8H15NO4/c1-8(2,3)13-6(7(11)12)4-9-5-10/h5-6H,4H2,1-3H3,(H,9,10)(H,11,12). The zero-order chi connectivity index (χ0) is 10.5. The van der Waals surface area contributed by atoms with Crippen LogP contribution in [0.1, 0.15) is 20.8 Å². The number of carboxylic acid groups (broad SMARTS) is 1. The van der Waals surface area contributed by atoms with Gasteiger partial charge in [-0.1, -0.05) is 0 Å². The normalized spacial score (nSPS) is 13.5. The highest BCUT2D eigenvalue weighted by atomic mass is 16.5. The van der Waals surface area contributed by atoms with Crippen molar-refractivity contribution >= 4 is 12.4 Å². The Bertz CT molecular complexity index is 185. The summed E-state index contributed by atoms with van der Waals surface area (Å²) in [5.74, 6) is -1.08. The molecule has 2 N–H and O–H groups in total. The van der Waals surface area contributed by atoms with Crippen LogP contribution in [0.3, 0.4) is 0 Å². The summed E-state index contributed by atoms with van der Waals surface area (Å²) in [6, 6.07) is 0. The van der Waals surface area contributed by atoms with Crippen LogP contribution in [-0.2, 0) is 14.3 Å². The van der Waals surface area contributed by atoms with Crippen molar-refractivity contribution in [2.45, 2.75) is 32.5 Å². The molecule has 0 bridgehead atoms. The predicted octanol–water partition coefficient (Wildman–Crippen LogP) is 0.000700. The molecule has 0 radical (unpaired) electrons. The van der Waals surface area contributed by atoms with Crippen molar-refractivity contribution in [1.29, 1.82) is 0 Å². The molecular formula is C8H15NO4. The Morgan fingerprint density at radius 3 is 2.46 bits per heavy atom. The van der Waals surface area contributed by atoms with Crippen molar-refractivity contribution in [3.63, 3.8) is 0 Å². The summed E-state index contributed by atoms with van der Waals surface area (Å²) < 4.78 is 5.18. The lowest BCUT2D eigenvalue weighted by Gasteiger charge is -2.24. The number of hydrogen-bond acceptors (Lipinski definition) is 3. The fourth-order valence-corrected chi connectivity index (χ4v) is 0.761. The summed E-state index contributed by atoms with van der Waals surface area (Å²) in [6.07, 6.45) is -0.549. The van der Waals surface area contributed by atoms with E-state index in [0.717, 1.165) is 0 Å². The van der Waals surface area contributed by atoms with Crippen LogP contribution in [0.5, 0.6) is 0 Å². The van der Waals surface area contributed by atoms with E-state index in [1.54, 1.807) is 20.8 Å². The number of carboxylic acids is 1. The first-order valence-corrected chi connectivity index (χ1v) is 3.94. The zero-order valence-corrected chi connectivity index (χ0v) is 8.03. The smallest absolute Gasteiger partial charge is 0.334 e. The van der Waals surface area contributed by atoms with Crippen LogP contribution in [0.2, 0.25) is 0 Å². The summed E-state index contributed by atoms with van der Waals surface area (Å²) in [7, 11) is 0. The summed E-state index contributed by atoms with van der Waals surface area (Å²) in [4.78, 5) is 20.5. The summed E-state index contributed by atoms with van der Waals surface area (Å²) >= 11 is 0. The van der Waals surface area contributed by atoms with Crippen LogP contribution in [-0.4, -0.2) is 35.7 Å². The van der Waals surface area contributed by atoms with Gasteiger partial charge in [-0.2, -0.15) is 0 Å². The summed E-state index contributed by atoms with van der Waals surface area (Å²) in [6.45, 7) is 5.24. The highest BCUT2D eigenvalue weighted by molar-refractivity contribution is 5.73. The minimum atomic E-state index is -1.08. The maximum absolute atomic E-state index is 10.6. The minimum absolute atomic E-state index is 0.0178. The van der Waals surface area contributed by atoms with Gasteiger partial charge in [-0.3, -0.25) is 4.79 Å². The van der Waals surface area contributed by atoms with Crippen LogP contribution in [0.15, 0.2) is 0 Å². The molecule has 76 valence electrons. The monoisotopic (exact) mass is 189 g/mol. The molecule has 0 aliphatic carbocycles. The van der Waals surface area contributed by atoms with Gasteiger partial charge in [-0.15, -0.1) is 0 Å². The zero-order valence-electron chi connectivity index (χ0n) is 8.03. The lowest BCUT2D eigenvalue weighted by atomic mass is 10.2. The quantitative estimate of drug-likeness (QED) is 0.597. The first-order valence-electron chi connectivity index (χ1n) is 3.94. The van der Waals surface area contributed by atoms with Crippen LogP contribution < -0.4 is 5.32 Å². The number of carbonyl (C=O) groups excluding carboxylic acids is 1. The first-order chi connectivity index (χ1) is 5.87. The molecule has 0 aromatic rings. The molecule has 0 aliphatic rings. The second-order valence-corrected chi connectivity index (χ2v) is 3.58. The Kier molecular flexibility index (Phi) is 4.40. The third kappa shape index (κ3) is 6.10. The van der Waals surface area contributed by atoms with Gasteiger partial charge in [0.05, 0.1) is 12.1 Å². The topological polar surface area (TPSA) is 75.6 Å². The van der Waals surface area contributed by atoms with E-state index in [2.05, 4.69) is 5.32 Å². The van der Waals surface area contributed by atoms with E-state index >= 15 is 0 Å². The van der Waals surface area contributed by atoms with Crippen molar-refractivity contribution in [2.24, 2.45) is 0 Å². The molecule has 5 heteroatoms. The van der Waals surface area contributed by atoms with Crippen LogP contribution in [0.4, 0.5) is 0 Å². The lowest BCUT2D eigenvalue weighted by Crippen LogP contribution is -2.40. The molecule has 0 spiro atoms. The van der Waals surface area contributed by atoms with Crippen molar-refractivity contribution in [3.05, 3.63) is 0 Å². The number of amides is 1. The van der Waals surface area contributed by atoms with E-state index in [0.29, 0.717) is 6.41 Å². The van der Waals surface area contributed by atoms with Gasteiger partial charge in [0.1, 0.15) is 0 Å². The van der Waals surface area contributed by atoms with E-state index in [-0.39, 0.29) is 6.54 Å². The molecule has 0 saturated carbocycles. The number of carbonyl (C=O) groups is 2. The van der Waals surface area contributed by atoms with Crippen molar-refractivity contribution in [3.8, 4) is 0 Å². The van der Waals surface area contributed by atoms with E-state index in [9.17, 15) is 9.59 Å². The maximum Gasteiger partial charge on any atom is 0.334 e. The summed E-state index contributed by atoms with van der Waals surface area (Å²) in [5.41, 5.74) is -0.534. The minimum Gasteiger partial charge on any atom is -0.479 e. The van der Waals surface area contributed by atoms with E-state index in [4.69, 9.17) is 9.84 Å². The van der Waals surface area contributed by atoms with Gasteiger partial charge >= 0.3 is 5.97 Å². The molecule has 0 aliphatic heterocycles. The first kappa shape index (κ1) is 11.9. The number of nitrogens with one attached hydrogen (secondary N) is 1. The Labute approximate surface area is 77.1 Å². The molecule has 13 heavy (non-hydrogen) atoms. The third-order valence-corrected chi connectivity index (χ3v) is 1.16. The third-order valence-electron chi connectivity index (χ3n) is 1.16. The second-order valence-electron chi connectivity index (χ2n) is 3.58. The van der Waals surface area contributed by atoms with Crippen molar-refractivity contribution in [2.75, 3.05) is 6.54 Å². The van der Waals surface area contributed by atoms with E-state index < -0.39 is 17.7 Å². The fraction of sp³-hybridized carbons (Fsp3) is 0.750. The highest BCUT2D eigenvalue weighted by Gasteiger charge is 2.24. The lowest BCUT2D eigenvalue weighted by molar-refractivity contribution is -0.159. The van der Waals surface area contributed by atoms with Crippen LogP contribution >= 0.6 is 0 Å². The molecule has 0 rings (SSSR count). The molecule has 0 aromatic heterocycles. The summed E-state index contributed by atoms with van der Waals surface area (Å²) in [5, 5.41) is 10.9. The van der Waals surface area contributed by atoms with Crippen LogP contribution in [0, 0.1) is 0 Å². The van der Waals surface area contributed by atoms with Crippen LogP contribution in [0.25, 0.3) is 0 Å². The van der Waals surface area contributed by atoms with Crippen molar-refractivity contribution < 1.29 is 19.4 Å². The Morgan fingerprint density at radius 1 is 1.62 bits per heavy atom. The maximum atomic E-state index is 10.6. The second kappa shape index (κ2) is 4.81. The van der Waals surface area contributed by atoms with Gasteiger partial charge in [0.2, 0.25) is 6.41 Å². The number of rotatable bonds is 5. The predicted molar refractivity (Wildman–Crippen MR) is 46.3 cm³/mol. The molecule has 1 unspecified atom stereocenters. The van der Waals surface area contributed by atoms with Crippen molar-refractivity contribution in [1.82, 2.24) is 5.32 Å². The van der Waals surface area contributed by atoms with E-state index in [1.165, 1.54) is 0 Å². The molecule has 1 amide bonds. The molecule has 5 nitrogen and oxygen atoms in total. The Morgan fingerprint density at radius 2 is 2.15 bits per heavy atom. The largest absolute Gasteiger partial charge is 0.479 e. The molecule has 0 fully saturated rings. The molecule has 1 atom stereocenters.